The molecule has 0 unspecified atom stereocenters. The summed E-state index contributed by atoms with van der Waals surface area (Å²) in [6.45, 7) is 0.772. The van der Waals surface area contributed by atoms with Crippen LogP contribution in [-0.2, 0) is 24.1 Å². The second kappa shape index (κ2) is 8.42. The van der Waals surface area contributed by atoms with Gasteiger partial charge in [-0.15, -0.1) is 0 Å². The van der Waals surface area contributed by atoms with E-state index in [1.54, 1.807) is 6.07 Å². The highest BCUT2D eigenvalue weighted by molar-refractivity contribution is 5.54. The summed E-state index contributed by atoms with van der Waals surface area (Å²) in [6.07, 6.45) is -4.06. The Kier molecular flexibility index (Phi) is 5.36. The predicted molar refractivity (Wildman–Crippen MR) is 120 cm³/mol. The lowest BCUT2D eigenvalue weighted by Crippen LogP contribution is -2.46. The number of halogens is 5. The lowest BCUT2D eigenvalue weighted by atomic mass is 10.0. The zero-order valence-corrected chi connectivity index (χ0v) is 19.4. The number of nitrogens with zero attached hydrogens (tertiary/aromatic N) is 4. The molecule has 0 aliphatic carbocycles. The summed E-state index contributed by atoms with van der Waals surface area (Å²) in [5.41, 5.74) is -2.33. The van der Waals surface area contributed by atoms with E-state index in [1.807, 2.05) is 4.90 Å². The van der Waals surface area contributed by atoms with Crippen molar-refractivity contribution >= 4 is 5.82 Å². The summed E-state index contributed by atoms with van der Waals surface area (Å²) in [5, 5.41) is 9.00. The Morgan fingerprint density at radius 1 is 1.21 bits per heavy atom. The van der Waals surface area contributed by atoms with Crippen molar-refractivity contribution in [3.8, 4) is 23.4 Å². The Morgan fingerprint density at radius 3 is 2.74 bits per heavy atom. The Labute approximate surface area is 211 Å². The van der Waals surface area contributed by atoms with Crippen molar-refractivity contribution < 1.29 is 36.2 Å². The highest BCUT2D eigenvalue weighted by Crippen LogP contribution is 2.47. The number of alkyl halides is 3. The standard InChI is InChI=1S/C25H17F5N4O4/c26-18-5-13(1-2-19(18)38-16-4-14(8-31)3-15(6-16)25(28,29)30)10-36-21-20(27)22-33(23(35)32-21)11-24-7-17(37-12-24)9-34(22)24/h1-6,17H,7,9-12H2/t17-,24+/m0/s1. The zero-order chi connectivity index (χ0) is 26.8. The molecule has 3 aliphatic heterocycles. The van der Waals surface area contributed by atoms with Gasteiger partial charge in [-0.2, -0.15) is 27.8 Å². The van der Waals surface area contributed by atoms with Crippen LogP contribution in [0, 0.1) is 23.0 Å². The van der Waals surface area contributed by atoms with Crippen LogP contribution in [0.15, 0.2) is 41.2 Å². The van der Waals surface area contributed by atoms with Crippen molar-refractivity contribution in [2.45, 2.75) is 37.4 Å². The number of rotatable bonds is 5. The molecule has 2 atom stereocenters. The Bertz CT molecular complexity index is 1570. The van der Waals surface area contributed by atoms with Gasteiger partial charge in [0.05, 0.1) is 42.0 Å². The van der Waals surface area contributed by atoms with Gasteiger partial charge < -0.3 is 19.1 Å². The molecule has 4 heterocycles. The van der Waals surface area contributed by atoms with Gasteiger partial charge in [0, 0.05) is 13.0 Å². The molecule has 1 spiro atoms. The third-order valence-electron chi connectivity index (χ3n) is 6.89. The Balaban J connectivity index is 1.20. The number of nitriles is 1. The summed E-state index contributed by atoms with van der Waals surface area (Å²) in [5.74, 6) is -2.92. The second-order valence-corrected chi connectivity index (χ2v) is 9.41. The maximum Gasteiger partial charge on any atom is 0.416 e. The van der Waals surface area contributed by atoms with Crippen LogP contribution in [0.5, 0.6) is 17.4 Å². The van der Waals surface area contributed by atoms with Crippen molar-refractivity contribution in [3.05, 3.63) is 75.2 Å². The quantitative estimate of drug-likeness (QED) is 0.457. The third-order valence-corrected chi connectivity index (χ3v) is 6.89. The Hall–Kier alpha value is -4.18. The first kappa shape index (κ1) is 24.2. The average molecular weight is 532 g/mol. The zero-order valence-electron chi connectivity index (χ0n) is 19.4. The number of ether oxygens (including phenoxy) is 3. The van der Waals surface area contributed by atoms with Gasteiger partial charge in [0.15, 0.2) is 17.4 Å². The van der Waals surface area contributed by atoms with Gasteiger partial charge in [-0.3, -0.25) is 4.57 Å². The molecule has 2 bridgehead atoms. The molecule has 2 saturated heterocycles. The van der Waals surface area contributed by atoms with Gasteiger partial charge in [0.1, 0.15) is 12.4 Å². The van der Waals surface area contributed by atoms with Crippen LogP contribution in [0.25, 0.3) is 0 Å². The molecule has 0 radical (unpaired) electrons. The SMILES string of the molecule is N#Cc1cc(Oc2ccc(COc3nc(=O)n4c(c3F)N3C[C@@H]5C[C@]3(CO5)C4)cc2F)cc(C(F)(F)F)c1. The Morgan fingerprint density at radius 2 is 2.03 bits per heavy atom. The highest BCUT2D eigenvalue weighted by atomic mass is 19.4. The monoisotopic (exact) mass is 532 g/mol. The molecule has 0 N–H and O–H groups in total. The van der Waals surface area contributed by atoms with Crippen molar-refractivity contribution in [2.24, 2.45) is 0 Å². The molecule has 13 heteroatoms. The van der Waals surface area contributed by atoms with E-state index in [1.165, 1.54) is 10.6 Å². The van der Waals surface area contributed by atoms with Crippen LogP contribution >= 0.6 is 0 Å². The molecule has 3 aliphatic rings. The molecular weight excluding hydrogens is 515 g/mol. The average Bonchev–Trinajstić information content (AvgIpc) is 3.54. The number of fused-ring (bicyclic) bond motifs is 3. The number of hydrogen-bond acceptors (Lipinski definition) is 7. The molecule has 0 amide bonds. The third kappa shape index (κ3) is 3.92. The maximum atomic E-state index is 15.4. The van der Waals surface area contributed by atoms with Gasteiger partial charge in [-0.25, -0.2) is 9.18 Å². The fourth-order valence-electron chi connectivity index (χ4n) is 5.20. The minimum absolute atomic E-state index is 0.0260. The largest absolute Gasteiger partial charge is 0.471 e. The number of anilines is 1. The predicted octanol–water partition coefficient (Wildman–Crippen LogP) is 4.14. The molecule has 2 aromatic carbocycles. The van der Waals surface area contributed by atoms with E-state index in [0.717, 1.165) is 18.2 Å². The minimum Gasteiger partial charge on any atom is -0.471 e. The van der Waals surface area contributed by atoms with Gasteiger partial charge in [-0.05, 0) is 35.9 Å². The lowest BCUT2D eigenvalue weighted by molar-refractivity contribution is -0.137. The summed E-state index contributed by atoms with van der Waals surface area (Å²) in [7, 11) is 0. The number of morpholine rings is 1. The highest BCUT2D eigenvalue weighted by Gasteiger charge is 2.57. The normalized spacial score (nSPS) is 21.3. The van der Waals surface area contributed by atoms with E-state index >= 15 is 4.39 Å². The van der Waals surface area contributed by atoms with Crippen molar-refractivity contribution in [2.75, 3.05) is 18.1 Å². The topological polar surface area (TPSA) is 89.6 Å². The van der Waals surface area contributed by atoms with E-state index in [-0.39, 0.29) is 41.9 Å². The molecule has 196 valence electrons. The second-order valence-electron chi connectivity index (χ2n) is 9.41. The molecule has 38 heavy (non-hydrogen) atoms. The minimum atomic E-state index is -4.73. The maximum absolute atomic E-state index is 15.4. The van der Waals surface area contributed by atoms with Crippen LogP contribution in [0.3, 0.4) is 0 Å². The van der Waals surface area contributed by atoms with Crippen molar-refractivity contribution in [1.82, 2.24) is 9.55 Å². The van der Waals surface area contributed by atoms with Gasteiger partial charge in [-0.1, -0.05) is 6.07 Å². The lowest BCUT2D eigenvalue weighted by Gasteiger charge is -2.32. The molecular formula is C25H17F5N4O4. The van der Waals surface area contributed by atoms with Gasteiger partial charge in [0.2, 0.25) is 5.82 Å². The number of benzene rings is 2. The molecule has 0 saturated carbocycles. The van der Waals surface area contributed by atoms with E-state index in [0.29, 0.717) is 31.7 Å². The first-order valence-corrected chi connectivity index (χ1v) is 11.5. The molecule has 8 nitrogen and oxygen atoms in total. The van der Waals surface area contributed by atoms with Crippen LogP contribution in [0.4, 0.5) is 27.8 Å². The van der Waals surface area contributed by atoms with Gasteiger partial charge >= 0.3 is 11.9 Å². The van der Waals surface area contributed by atoms with Crippen molar-refractivity contribution in [1.29, 1.82) is 5.26 Å². The fraction of sp³-hybridized carbons (Fsp3) is 0.320. The summed E-state index contributed by atoms with van der Waals surface area (Å²) < 4.78 is 86.9. The van der Waals surface area contributed by atoms with E-state index < -0.39 is 46.2 Å². The smallest absolute Gasteiger partial charge is 0.416 e. The van der Waals surface area contributed by atoms with Gasteiger partial charge in [0.25, 0.3) is 5.88 Å². The molecule has 6 rings (SSSR count). The summed E-state index contributed by atoms with van der Waals surface area (Å²) in [6, 6.07) is 7.49. The fourth-order valence-corrected chi connectivity index (χ4v) is 5.20. The molecule has 3 aromatic rings. The van der Waals surface area contributed by atoms with E-state index in [4.69, 9.17) is 19.5 Å². The van der Waals surface area contributed by atoms with Crippen LogP contribution in [-0.4, -0.2) is 34.3 Å². The number of aromatic nitrogens is 2. The first-order valence-electron chi connectivity index (χ1n) is 11.5. The molecule has 2 fully saturated rings. The van der Waals surface area contributed by atoms with Crippen molar-refractivity contribution in [3.63, 3.8) is 0 Å². The van der Waals surface area contributed by atoms with Crippen LogP contribution in [0.1, 0.15) is 23.1 Å². The summed E-state index contributed by atoms with van der Waals surface area (Å²) in [4.78, 5) is 18.1. The summed E-state index contributed by atoms with van der Waals surface area (Å²) >= 11 is 0. The van der Waals surface area contributed by atoms with E-state index in [2.05, 4.69) is 4.98 Å². The van der Waals surface area contributed by atoms with E-state index in [9.17, 15) is 22.4 Å². The molecule has 1 aromatic heterocycles. The van der Waals surface area contributed by atoms with Crippen LogP contribution in [0.2, 0.25) is 0 Å². The first-order chi connectivity index (χ1) is 18.1. The number of hydrogen-bond donors (Lipinski definition) is 0. The van der Waals surface area contributed by atoms with Crippen LogP contribution < -0.4 is 20.1 Å².